The summed E-state index contributed by atoms with van der Waals surface area (Å²) in [6, 6.07) is 9.28. The van der Waals surface area contributed by atoms with Crippen LogP contribution < -0.4 is 10.1 Å². The van der Waals surface area contributed by atoms with Crippen LogP contribution >= 0.6 is 0 Å². The van der Waals surface area contributed by atoms with Crippen LogP contribution in [0.4, 0.5) is 13.2 Å². The van der Waals surface area contributed by atoms with Crippen molar-refractivity contribution in [2.45, 2.75) is 19.3 Å². The van der Waals surface area contributed by atoms with Crippen LogP contribution in [0.25, 0.3) is 0 Å². The normalized spacial score (nSPS) is 13.0. The average Bonchev–Trinajstić information content (AvgIpc) is 2.42. The maximum Gasteiger partial charge on any atom is 0.573 e. The van der Waals surface area contributed by atoms with E-state index in [1.807, 2.05) is 19.1 Å². The number of aryl methyl sites for hydroxylation is 1. The van der Waals surface area contributed by atoms with Gasteiger partial charge in [-0.25, -0.2) is 0 Å². The lowest BCUT2D eigenvalue weighted by molar-refractivity contribution is -0.275. The van der Waals surface area contributed by atoms with Crippen molar-refractivity contribution in [3.8, 4) is 5.75 Å². The Balaban J connectivity index is 2.40. The van der Waals surface area contributed by atoms with Crippen molar-refractivity contribution in [1.82, 2.24) is 10.3 Å². The van der Waals surface area contributed by atoms with Crippen LogP contribution in [0.5, 0.6) is 5.75 Å². The molecule has 1 atom stereocenters. The summed E-state index contributed by atoms with van der Waals surface area (Å²) in [5.74, 6) is -0.218. The van der Waals surface area contributed by atoms with Gasteiger partial charge in [0.2, 0.25) is 0 Å². The van der Waals surface area contributed by atoms with Gasteiger partial charge in [0.1, 0.15) is 5.75 Å². The molecule has 1 aromatic carbocycles. The Kier molecular flexibility index (Phi) is 4.47. The zero-order valence-corrected chi connectivity index (χ0v) is 11.6. The van der Waals surface area contributed by atoms with Gasteiger partial charge in [-0.05, 0) is 31.7 Å². The van der Waals surface area contributed by atoms with E-state index in [4.69, 9.17) is 0 Å². The van der Waals surface area contributed by atoms with Crippen LogP contribution in [-0.2, 0) is 0 Å². The molecule has 2 rings (SSSR count). The molecule has 1 unspecified atom stereocenters. The minimum Gasteiger partial charge on any atom is -0.405 e. The molecule has 0 saturated carbocycles. The molecule has 0 saturated heterocycles. The molecule has 6 heteroatoms. The van der Waals surface area contributed by atoms with Gasteiger partial charge in [0.15, 0.2) is 0 Å². The molecule has 0 bridgehead atoms. The van der Waals surface area contributed by atoms with Crippen molar-refractivity contribution in [3.05, 3.63) is 59.4 Å². The molecule has 0 fully saturated rings. The van der Waals surface area contributed by atoms with E-state index in [1.54, 1.807) is 25.4 Å². The van der Waals surface area contributed by atoms with Crippen LogP contribution in [0, 0.1) is 6.92 Å². The highest BCUT2D eigenvalue weighted by Crippen LogP contribution is 2.33. The highest BCUT2D eigenvalue weighted by molar-refractivity contribution is 5.41. The molecule has 2 aromatic rings. The highest BCUT2D eigenvalue weighted by Gasteiger charge is 2.33. The number of ether oxygens (including phenoxy) is 1. The summed E-state index contributed by atoms with van der Waals surface area (Å²) < 4.78 is 41.6. The van der Waals surface area contributed by atoms with Crippen molar-refractivity contribution in [1.29, 1.82) is 0 Å². The predicted octanol–water partition coefficient (Wildman–Crippen LogP) is 3.60. The number of benzene rings is 1. The van der Waals surface area contributed by atoms with E-state index >= 15 is 0 Å². The third-order valence-electron chi connectivity index (χ3n) is 3.01. The first-order valence-corrected chi connectivity index (χ1v) is 6.35. The Hall–Kier alpha value is -2.08. The molecular formula is C15H15F3N2O. The lowest BCUT2D eigenvalue weighted by Crippen LogP contribution is -2.22. The minimum atomic E-state index is -4.72. The van der Waals surface area contributed by atoms with Gasteiger partial charge in [0.25, 0.3) is 0 Å². The Morgan fingerprint density at radius 2 is 1.86 bits per heavy atom. The second kappa shape index (κ2) is 6.13. The van der Waals surface area contributed by atoms with Crippen LogP contribution in [0.15, 0.2) is 42.6 Å². The van der Waals surface area contributed by atoms with Gasteiger partial charge in [-0.3, -0.25) is 4.98 Å². The summed E-state index contributed by atoms with van der Waals surface area (Å²) in [6.07, 6.45) is -3.08. The maximum atomic E-state index is 12.5. The summed E-state index contributed by atoms with van der Waals surface area (Å²) in [7, 11) is 1.68. The third-order valence-corrected chi connectivity index (χ3v) is 3.01. The van der Waals surface area contributed by atoms with E-state index in [1.165, 1.54) is 12.1 Å². The quantitative estimate of drug-likeness (QED) is 0.936. The molecule has 1 aromatic heterocycles. The van der Waals surface area contributed by atoms with E-state index in [9.17, 15) is 13.2 Å². The minimum absolute atomic E-state index is 0.218. The fourth-order valence-corrected chi connectivity index (χ4v) is 2.09. The standard InChI is InChI=1S/C15H15F3N2O/c1-10-7-8-11(9-20-10)14(19-2)12-5-3-4-6-13(12)21-15(16,17)18/h3-9,14,19H,1-2H3. The van der Waals surface area contributed by atoms with E-state index < -0.39 is 12.4 Å². The van der Waals surface area contributed by atoms with Crippen LogP contribution in [0.3, 0.4) is 0 Å². The Morgan fingerprint density at radius 3 is 2.43 bits per heavy atom. The monoisotopic (exact) mass is 296 g/mol. The summed E-state index contributed by atoms with van der Waals surface area (Å²) in [4.78, 5) is 4.17. The smallest absolute Gasteiger partial charge is 0.405 e. The van der Waals surface area contributed by atoms with Crippen molar-refractivity contribution in [2.24, 2.45) is 0 Å². The molecule has 0 amide bonds. The molecule has 0 aliphatic carbocycles. The van der Waals surface area contributed by atoms with Crippen molar-refractivity contribution in [3.63, 3.8) is 0 Å². The first kappa shape index (κ1) is 15.3. The molecule has 0 aliphatic rings. The van der Waals surface area contributed by atoms with E-state index in [-0.39, 0.29) is 5.75 Å². The lowest BCUT2D eigenvalue weighted by atomic mass is 9.99. The van der Waals surface area contributed by atoms with Gasteiger partial charge in [0, 0.05) is 17.5 Å². The number of hydrogen-bond donors (Lipinski definition) is 1. The number of hydrogen-bond acceptors (Lipinski definition) is 3. The second-order valence-corrected chi connectivity index (χ2v) is 4.54. The molecule has 1 heterocycles. The number of halogens is 3. The SMILES string of the molecule is CNC(c1ccc(C)nc1)c1ccccc1OC(F)(F)F. The average molecular weight is 296 g/mol. The molecule has 21 heavy (non-hydrogen) atoms. The number of aromatic nitrogens is 1. The first-order chi connectivity index (χ1) is 9.90. The number of nitrogens with zero attached hydrogens (tertiary/aromatic N) is 1. The van der Waals surface area contributed by atoms with E-state index in [0.29, 0.717) is 5.56 Å². The summed E-state index contributed by atoms with van der Waals surface area (Å²) >= 11 is 0. The lowest BCUT2D eigenvalue weighted by Gasteiger charge is -2.21. The molecule has 3 nitrogen and oxygen atoms in total. The number of rotatable bonds is 4. The van der Waals surface area contributed by atoms with Gasteiger partial charge >= 0.3 is 6.36 Å². The van der Waals surface area contributed by atoms with Crippen molar-refractivity contribution in [2.75, 3.05) is 7.05 Å². The molecule has 0 radical (unpaired) electrons. The number of para-hydroxylation sites is 1. The zero-order chi connectivity index (χ0) is 15.5. The number of alkyl halides is 3. The van der Waals surface area contributed by atoms with Crippen LogP contribution in [0.2, 0.25) is 0 Å². The van der Waals surface area contributed by atoms with Crippen molar-refractivity contribution >= 4 is 0 Å². The van der Waals surface area contributed by atoms with Crippen molar-refractivity contribution < 1.29 is 17.9 Å². The molecular weight excluding hydrogens is 281 g/mol. The molecule has 0 spiro atoms. The van der Waals surface area contributed by atoms with E-state index in [0.717, 1.165) is 11.3 Å². The second-order valence-electron chi connectivity index (χ2n) is 4.54. The van der Waals surface area contributed by atoms with Gasteiger partial charge < -0.3 is 10.1 Å². The van der Waals surface area contributed by atoms with E-state index in [2.05, 4.69) is 15.0 Å². The molecule has 112 valence electrons. The van der Waals surface area contributed by atoms with Gasteiger partial charge in [0.05, 0.1) is 6.04 Å². The summed E-state index contributed by atoms with van der Waals surface area (Å²) in [5, 5.41) is 2.99. The predicted molar refractivity (Wildman–Crippen MR) is 73.0 cm³/mol. The maximum absolute atomic E-state index is 12.5. The zero-order valence-electron chi connectivity index (χ0n) is 11.6. The first-order valence-electron chi connectivity index (χ1n) is 6.35. The Morgan fingerprint density at radius 1 is 1.14 bits per heavy atom. The molecule has 1 N–H and O–H groups in total. The Labute approximate surface area is 120 Å². The third kappa shape index (κ3) is 3.95. The largest absolute Gasteiger partial charge is 0.573 e. The topological polar surface area (TPSA) is 34.2 Å². The summed E-state index contributed by atoms with van der Waals surface area (Å²) in [5.41, 5.74) is 2.01. The van der Waals surface area contributed by atoms with Crippen LogP contribution in [0.1, 0.15) is 22.9 Å². The van der Waals surface area contributed by atoms with Gasteiger partial charge in [-0.2, -0.15) is 0 Å². The Bertz CT molecular complexity index is 597. The summed E-state index contributed by atoms with van der Waals surface area (Å²) in [6.45, 7) is 1.85. The number of pyridine rings is 1. The molecule has 0 aliphatic heterocycles. The fourth-order valence-electron chi connectivity index (χ4n) is 2.09. The van der Waals surface area contributed by atoms with Crippen LogP contribution in [-0.4, -0.2) is 18.4 Å². The number of nitrogens with one attached hydrogen (secondary N) is 1. The fraction of sp³-hybridized carbons (Fsp3) is 0.267. The van der Waals surface area contributed by atoms with Gasteiger partial charge in [-0.1, -0.05) is 24.3 Å². The highest BCUT2D eigenvalue weighted by atomic mass is 19.4. The van der Waals surface area contributed by atoms with Gasteiger partial charge in [-0.15, -0.1) is 13.2 Å².